The third-order valence-corrected chi connectivity index (χ3v) is 1.25. The second kappa shape index (κ2) is 11.8. The van der Waals surface area contributed by atoms with Crippen LogP contribution in [0.3, 0.4) is 0 Å². The molecule has 0 aromatic carbocycles. The van der Waals surface area contributed by atoms with Crippen molar-refractivity contribution in [3.8, 4) is 0 Å². The molecule has 0 atom stereocenters. The van der Waals surface area contributed by atoms with Gasteiger partial charge in [0, 0.05) is 12.1 Å². The number of hydrogen-bond donors (Lipinski definition) is 1. The lowest BCUT2D eigenvalue weighted by atomic mass is 10.2. The van der Waals surface area contributed by atoms with E-state index in [0.29, 0.717) is 31.2 Å². The fourth-order valence-corrected chi connectivity index (χ4v) is 0.517. The zero-order valence-electron chi connectivity index (χ0n) is 10.5. The molecule has 0 saturated heterocycles. The Morgan fingerprint density at radius 1 is 1.50 bits per heavy atom. The topological polar surface area (TPSA) is 61.5 Å². The van der Waals surface area contributed by atoms with E-state index in [1.807, 2.05) is 13.8 Å². The first kappa shape index (κ1) is 17.1. The Morgan fingerprint density at radius 2 is 2.06 bits per heavy atom. The van der Waals surface area contributed by atoms with Crippen LogP contribution in [0.25, 0.3) is 0 Å². The lowest BCUT2D eigenvalue weighted by Crippen LogP contribution is -2.09. The molecule has 0 aliphatic heterocycles. The van der Waals surface area contributed by atoms with Gasteiger partial charge in [0.05, 0.1) is 19.5 Å². The molecule has 0 amide bonds. The van der Waals surface area contributed by atoms with Crippen LogP contribution < -0.4 is 5.73 Å². The summed E-state index contributed by atoms with van der Waals surface area (Å²) in [5, 5.41) is 0. The Kier molecular flexibility index (Phi) is 12.6. The number of nitrogens with two attached hydrogens (primary N) is 1. The summed E-state index contributed by atoms with van der Waals surface area (Å²) < 4.78 is 9.45. The summed E-state index contributed by atoms with van der Waals surface area (Å²) in [6, 6.07) is 0. The number of carbonyl (C=O) groups excluding carboxylic acids is 1. The Morgan fingerprint density at radius 3 is 2.31 bits per heavy atom. The van der Waals surface area contributed by atoms with Crippen LogP contribution in [0.5, 0.6) is 0 Å². The Labute approximate surface area is 98.1 Å². The van der Waals surface area contributed by atoms with E-state index in [-0.39, 0.29) is 5.97 Å². The van der Waals surface area contributed by atoms with Gasteiger partial charge in [-0.15, -0.1) is 0 Å². The number of rotatable bonds is 6. The van der Waals surface area contributed by atoms with Crippen molar-refractivity contribution in [3.05, 3.63) is 25.0 Å². The fraction of sp³-hybridized carbons (Fsp3) is 0.583. The molecule has 4 nitrogen and oxygen atoms in total. The molecular weight excluding hydrogens is 206 g/mol. The molecule has 0 heterocycles. The van der Waals surface area contributed by atoms with Crippen LogP contribution in [0.15, 0.2) is 25.0 Å². The van der Waals surface area contributed by atoms with E-state index in [1.54, 1.807) is 6.92 Å². The first-order valence-corrected chi connectivity index (χ1v) is 5.20. The van der Waals surface area contributed by atoms with Crippen LogP contribution in [0.2, 0.25) is 0 Å². The molecule has 4 heteroatoms. The highest BCUT2D eigenvalue weighted by molar-refractivity contribution is 5.86. The summed E-state index contributed by atoms with van der Waals surface area (Å²) in [5.74, 6) is 0.0944. The van der Waals surface area contributed by atoms with Crippen molar-refractivity contribution in [1.82, 2.24) is 0 Å². The number of carbonyl (C=O) groups is 1. The van der Waals surface area contributed by atoms with Crippen LogP contribution >= 0.6 is 0 Å². The van der Waals surface area contributed by atoms with Crippen LogP contribution in [-0.2, 0) is 14.3 Å². The maximum absolute atomic E-state index is 10.7. The monoisotopic (exact) mass is 229 g/mol. The molecule has 0 bridgehead atoms. The predicted octanol–water partition coefficient (Wildman–Crippen LogP) is 1.87. The van der Waals surface area contributed by atoms with Crippen molar-refractivity contribution in [2.24, 2.45) is 11.7 Å². The smallest absolute Gasteiger partial charge is 0.333 e. The van der Waals surface area contributed by atoms with Gasteiger partial charge in [0.1, 0.15) is 0 Å². The SMILES string of the molecule is C=C(C)C(=O)OCC(C)C.C=COCCN. The second-order valence-electron chi connectivity index (χ2n) is 3.60. The molecule has 0 unspecified atom stereocenters. The molecule has 0 aromatic heterocycles. The summed E-state index contributed by atoms with van der Waals surface area (Å²) in [5.41, 5.74) is 5.50. The van der Waals surface area contributed by atoms with Gasteiger partial charge in [-0.25, -0.2) is 4.79 Å². The van der Waals surface area contributed by atoms with Crippen LogP contribution in [0.1, 0.15) is 20.8 Å². The fourth-order valence-electron chi connectivity index (χ4n) is 0.517. The van der Waals surface area contributed by atoms with Gasteiger partial charge in [-0.2, -0.15) is 0 Å². The molecule has 0 radical (unpaired) electrons. The molecule has 0 saturated carbocycles. The van der Waals surface area contributed by atoms with Gasteiger partial charge in [0.2, 0.25) is 0 Å². The minimum Gasteiger partial charge on any atom is -0.500 e. The normalized spacial score (nSPS) is 8.81. The number of esters is 1. The van der Waals surface area contributed by atoms with Crippen molar-refractivity contribution in [1.29, 1.82) is 0 Å². The molecule has 0 spiro atoms. The molecule has 2 N–H and O–H groups in total. The van der Waals surface area contributed by atoms with Crippen molar-refractivity contribution < 1.29 is 14.3 Å². The predicted molar refractivity (Wildman–Crippen MR) is 65.8 cm³/mol. The Hall–Kier alpha value is -1.29. The van der Waals surface area contributed by atoms with Gasteiger partial charge in [-0.1, -0.05) is 27.0 Å². The third-order valence-electron chi connectivity index (χ3n) is 1.25. The summed E-state index contributed by atoms with van der Waals surface area (Å²) in [6.07, 6.45) is 1.38. The first-order valence-electron chi connectivity index (χ1n) is 5.20. The maximum Gasteiger partial charge on any atom is 0.333 e. The minimum atomic E-state index is -0.297. The van der Waals surface area contributed by atoms with Crippen LogP contribution in [-0.4, -0.2) is 25.7 Å². The largest absolute Gasteiger partial charge is 0.500 e. The number of hydrogen-bond acceptors (Lipinski definition) is 4. The van der Waals surface area contributed by atoms with Crippen molar-refractivity contribution in [2.45, 2.75) is 20.8 Å². The zero-order valence-corrected chi connectivity index (χ0v) is 10.5. The summed E-state index contributed by atoms with van der Waals surface area (Å²) in [4.78, 5) is 10.7. The van der Waals surface area contributed by atoms with Gasteiger partial charge in [-0.3, -0.25) is 0 Å². The highest BCUT2D eigenvalue weighted by atomic mass is 16.5. The molecule has 0 aromatic rings. The average Bonchev–Trinajstić information content (AvgIpc) is 2.23. The van der Waals surface area contributed by atoms with E-state index >= 15 is 0 Å². The second-order valence-corrected chi connectivity index (χ2v) is 3.60. The molecule has 16 heavy (non-hydrogen) atoms. The third kappa shape index (κ3) is 15.2. The standard InChI is InChI=1S/C8H14O2.C4H9NO/c1-6(2)5-10-8(9)7(3)4;1-2-6-4-3-5/h6H,3,5H2,1-2,4H3;2H,1,3-5H2. The van der Waals surface area contributed by atoms with E-state index in [1.165, 1.54) is 6.26 Å². The van der Waals surface area contributed by atoms with Gasteiger partial charge < -0.3 is 15.2 Å². The van der Waals surface area contributed by atoms with E-state index in [9.17, 15) is 4.79 Å². The Balaban J connectivity index is 0. The highest BCUT2D eigenvalue weighted by Gasteiger charge is 2.03. The average molecular weight is 229 g/mol. The lowest BCUT2D eigenvalue weighted by Gasteiger charge is -2.05. The van der Waals surface area contributed by atoms with Crippen molar-refractivity contribution >= 4 is 5.97 Å². The lowest BCUT2D eigenvalue weighted by molar-refractivity contribution is -0.139. The number of ether oxygens (including phenoxy) is 2. The van der Waals surface area contributed by atoms with Crippen LogP contribution in [0.4, 0.5) is 0 Å². The minimum absolute atomic E-state index is 0.297. The molecule has 0 aliphatic rings. The summed E-state index contributed by atoms with van der Waals surface area (Å²) >= 11 is 0. The van der Waals surface area contributed by atoms with E-state index < -0.39 is 0 Å². The molecule has 0 aliphatic carbocycles. The van der Waals surface area contributed by atoms with E-state index in [2.05, 4.69) is 17.9 Å². The highest BCUT2D eigenvalue weighted by Crippen LogP contribution is 1.97. The quantitative estimate of drug-likeness (QED) is 0.327. The van der Waals surface area contributed by atoms with E-state index in [4.69, 9.17) is 10.5 Å². The summed E-state index contributed by atoms with van der Waals surface area (Å²) in [7, 11) is 0. The molecule has 0 fully saturated rings. The van der Waals surface area contributed by atoms with Crippen molar-refractivity contribution in [3.63, 3.8) is 0 Å². The van der Waals surface area contributed by atoms with Crippen molar-refractivity contribution in [2.75, 3.05) is 19.8 Å². The van der Waals surface area contributed by atoms with E-state index in [0.717, 1.165) is 0 Å². The summed E-state index contributed by atoms with van der Waals surface area (Å²) in [6.45, 7) is 14.0. The van der Waals surface area contributed by atoms with Gasteiger partial charge in [-0.05, 0) is 12.8 Å². The van der Waals surface area contributed by atoms with Gasteiger partial charge in [0.25, 0.3) is 0 Å². The first-order chi connectivity index (χ1) is 7.45. The zero-order chi connectivity index (χ0) is 13.0. The molecule has 94 valence electrons. The maximum atomic E-state index is 10.7. The van der Waals surface area contributed by atoms with Crippen LogP contribution in [0, 0.1) is 5.92 Å². The molecule has 0 rings (SSSR count). The van der Waals surface area contributed by atoms with Gasteiger partial charge >= 0.3 is 5.97 Å². The molecular formula is C12H23NO3. The Bertz CT molecular complexity index is 212. The van der Waals surface area contributed by atoms with Gasteiger partial charge in [0.15, 0.2) is 0 Å².